The van der Waals surface area contributed by atoms with E-state index in [-0.39, 0.29) is 0 Å². The van der Waals surface area contributed by atoms with Crippen molar-refractivity contribution < 1.29 is 0 Å². The van der Waals surface area contributed by atoms with E-state index >= 15 is 0 Å². The fraction of sp³-hybridized carbons (Fsp3) is 0.316. The van der Waals surface area contributed by atoms with Crippen LogP contribution in [0.4, 0.5) is 0 Å². The van der Waals surface area contributed by atoms with Gasteiger partial charge in [-0.05, 0) is 59.4 Å². The number of hydrogen-bond acceptors (Lipinski definition) is 0. The summed E-state index contributed by atoms with van der Waals surface area (Å²) in [6.45, 7) is 4.48. The fourth-order valence-electron chi connectivity index (χ4n) is 4.07. The van der Waals surface area contributed by atoms with Crippen molar-refractivity contribution in [3.63, 3.8) is 0 Å². The molecule has 0 aliphatic heterocycles. The van der Waals surface area contributed by atoms with Crippen molar-refractivity contribution in [2.45, 2.75) is 78.1 Å². The van der Waals surface area contributed by atoms with Crippen LogP contribution in [-0.4, -0.2) is 0 Å². The summed E-state index contributed by atoms with van der Waals surface area (Å²) < 4.78 is 0. The summed E-state index contributed by atoms with van der Waals surface area (Å²) in [7, 11) is 0. The van der Waals surface area contributed by atoms with Gasteiger partial charge >= 0.3 is 0 Å². The lowest BCUT2D eigenvalue weighted by Gasteiger charge is -1.98. The van der Waals surface area contributed by atoms with E-state index in [1.54, 1.807) is 0 Å². The Morgan fingerprint density at radius 1 is 0.421 bits per heavy atom. The van der Waals surface area contributed by atoms with Crippen LogP contribution >= 0.6 is 0 Å². The average molecular weight is 499 g/mol. The monoisotopic (exact) mass is 498 g/mol. The quantitative estimate of drug-likeness (QED) is 0.132. The highest BCUT2D eigenvalue weighted by Gasteiger charge is 1.93. The molecule has 0 radical (unpaired) electrons. The van der Waals surface area contributed by atoms with Crippen molar-refractivity contribution in [1.29, 1.82) is 0 Å². The lowest BCUT2D eigenvalue weighted by Crippen LogP contribution is -1.79. The topological polar surface area (TPSA) is 0 Å². The molecule has 3 aromatic rings. The Balaban J connectivity index is 1.46. The summed E-state index contributed by atoms with van der Waals surface area (Å²) >= 11 is 0. The van der Waals surface area contributed by atoms with E-state index in [0.717, 1.165) is 24.0 Å². The van der Waals surface area contributed by atoms with Gasteiger partial charge in [-0.15, -0.1) is 0 Å². The van der Waals surface area contributed by atoms with Crippen LogP contribution in [0.3, 0.4) is 0 Å². The van der Waals surface area contributed by atoms with Crippen LogP contribution in [0, 0.1) is 23.7 Å². The molecule has 0 fully saturated rings. The third-order valence-electron chi connectivity index (χ3n) is 6.47. The summed E-state index contributed by atoms with van der Waals surface area (Å²) in [5.41, 5.74) is 6.94. The second-order valence-electron chi connectivity index (χ2n) is 9.80. The maximum atomic E-state index is 3.30. The molecule has 0 unspecified atom stereocenters. The van der Waals surface area contributed by atoms with Crippen LogP contribution in [-0.2, 0) is 0 Å². The van der Waals surface area contributed by atoms with Crippen molar-refractivity contribution >= 4 is 24.3 Å². The molecule has 0 bridgehead atoms. The van der Waals surface area contributed by atoms with E-state index < -0.39 is 0 Å². The highest BCUT2D eigenvalue weighted by atomic mass is 14.0. The number of hydrogen-bond donors (Lipinski definition) is 0. The minimum Gasteiger partial charge on any atom is -0.0979 e. The van der Waals surface area contributed by atoms with Gasteiger partial charge in [0.05, 0.1) is 0 Å². The third-order valence-corrected chi connectivity index (χ3v) is 6.47. The molecule has 194 valence electrons. The van der Waals surface area contributed by atoms with Gasteiger partial charge in [0.15, 0.2) is 0 Å². The number of benzene rings is 3. The fourth-order valence-corrected chi connectivity index (χ4v) is 4.07. The predicted octanol–water partition coefficient (Wildman–Crippen LogP) is 10.7. The van der Waals surface area contributed by atoms with Gasteiger partial charge in [-0.2, -0.15) is 0 Å². The molecule has 0 nitrogen and oxygen atoms in total. The first-order valence-electron chi connectivity index (χ1n) is 14.4. The largest absolute Gasteiger partial charge is 0.0979 e. The molecule has 0 heterocycles. The van der Waals surface area contributed by atoms with Crippen molar-refractivity contribution in [1.82, 2.24) is 0 Å². The summed E-state index contributed by atoms with van der Waals surface area (Å²) in [5, 5.41) is 0. The first-order valence-corrected chi connectivity index (χ1v) is 14.4. The molecule has 3 aromatic carbocycles. The van der Waals surface area contributed by atoms with Crippen LogP contribution in [0.25, 0.3) is 24.3 Å². The Morgan fingerprint density at radius 2 is 0.737 bits per heavy atom. The Morgan fingerprint density at radius 3 is 1.05 bits per heavy atom. The molecule has 3 rings (SSSR count). The van der Waals surface area contributed by atoms with Crippen LogP contribution in [0.5, 0.6) is 0 Å². The van der Waals surface area contributed by atoms with E-state index in [9.17, 15) is 0 Å². The second kappa shape index (κ2) is 17.7. The molecule has 38 heavy (non-hydrogen) atoms. The smallest absolute Gasteiger partial charge is 0.0245 e. The Bertz CT molecular complexity index is 1140. The van der Waals surface area contributed by atoms with Crippen LogP contribution < -0.4 is 0 Å². The Kier molecular flexibility index (Phi) is 13.4. The zero-order valence-electron chi connectivity index (χ0n) is 23.3. The average Bonchev–Trinajstić information content (AvgIpc) is 2.96. The lowest BCUT2D eigenvalue weighted by molar-refractivity contribution is 0.679. The molecule has 0 saturated carbocycles. The second-order valence-corrected chi connectivity index (χ2v) is 9.80. The van der Waals surface area contributed by atoms with E-state index in [2.05, 4.69) is 135 Å². The van der Waals surface area contributed by atoms with E-state index in [0.29, 0.717) is 0 Å². The molecule has 0 N–H and O–H groups in total. The summed E-state index contributed by atoms with van der Waals surface area (Å²) in [4.78, 5) is 0. The molecule has 0 heteroatoms. The predicted molar refractivity (Wildman–Crippen MR) is 168 cm³/mol. The zero-order valence-corrected chi connectivity index (χ0v) is 23.3. The molecule has 0 aliphatic carbocycles. The number of rotatable bonds is 12. The van der Waals surface area contributed by atoms with Gasteiger partial charge in [0.1, 0.15) is 0 Å². The first kappa shape index (κ1) is 28.8. The third kappa shape index (κ3) is 11.5. The van der Waals surface area contributed by atoms with E-state index in [1.165, 1.54) is 73.6 Å². The lowest BCUT2D eigenvalue weighted by atomic mass is 10.1. The van der Waals surface area contributed by atoms with E-state index in [1.807, 2.05) is 0 Å². The molecular formula is C38H42. The molecule has 0 spiro atoms. The minimum atomic E-state index is 0.994. The van der Waals surface area contributed by atoms with Crippen molar-refractivity contribution in [2.24, 2.45) is 0 Å². The highest BCUT2D eigenvalue weighted by Crippen LogP contribution is 2.14. The van der Waals surface area contributed by atoms with Gasteiger partial charge in [-0.25, -0.2) is 0 Å². The maximum Gasteiger partial charge on any atom is 0.0245 e. The van der Waals surface area contributed by atoms with Gasteiger partial charge in [-0.1, -0.05) is 149 Å². The zero-order chi connectivity index (χ0) is 26.7. The first-order chi connectivity index (χ1) is 18.8. The molecular weight excluding hydrogens is 456 g/mol. The summed E-state index contributed by atoms with van der Waals surface area (Å²) in [6.07, 6.45) is 20.8. The van der Waals surface area contributed by atoms with Crippen LogP contribution in [0.2, 0.25) is 0 Å². The van der Waals surface area contributed by atoms with Crippen molar-refractivity contribution in [3.8, 4) is 23.7 Å². The van der Waals surface area contributed by atoms with E-state index in [4.69, 9.17) is 0 Å². The van der Waals surface area contributed by atoms with Gasteiger partial charge in [0.25, 0.3) is 0 Å². The molecule has 0 amide bonds. The molecule has 0 aromatic heterocycles. The van der Waals surface area contributed by atoms with Crippen molar-refractivity contribution in [2.75, 3.05) is 0 Å². The van der Waals surface area contributed by atoms with Gasteiger partial charge in [0, 0.05) is 24.0 Å². The van der Waals surface area contributed by atoms with Gasteiger partial charge < -0.3 is 0 Å². The van der Waals surface area contributed by atoms with Crippen LogP contribution in [0.15, 0.2) is 72.8 Å². The van der Waals surface area contributed by atoms with Gasteiger partial charge in [-0.3, -0.25) is 0 Å². The standard InChI is InChI=1S/C38H42/c1-3-5-7-9-11-13-15-33-17-21-35(22-18-33)25-27-37-29-31-38(32-30-37)28-26-36-23-19-34(20-24-36)16-14-12-10-8-6-4-2/h17-32H,3-12H2,1-2H3/b27-25+,28-26+. The maximum absolute atomic E-state index is 3.30. The Labute approximate surface area is 231 Å². The molecule has 0 aliphatic rings. The molecule has 0 saturated heterocycles. The summed E-state index contributed by atoms with van der Waals surface area (Å²) in [6, 6.07) is 25.6. The SMILES string of the molecule is CCCCCCC#Cc1ccc(/C=C/c2ccc(/C=C/c3ccc(C#CCCCCCC)cc3)cc2)cc1. The van der Waals surface area contributed by atoms with Gasteiger partial charge in [0.2, 0.25) is 0 Å². The van der Waals surface area contributed by atoms with Crippen LogP contribution in [0.1, 0.15) is 111 Å². The van der Waals surface area contributed by atoms with Crippen molar-refractivity contribution in [3.05, 3.63) is 106 Å². The molecule has 0 atom stereocenters. The summed E-state index contributed by atoms with van der Waals surface area (Å²) in [5.74, 6) is 13.2. The Hall–Kier alpha value is -3.74. The highest BCUT2D eigenvalue weighted by molar-refractivity contribution is 5.73. The minimum absolute atomic E-state index is 0.994. The normalized spacial score (nSPS) is 10.8. The number of unbranched alkanes of at least 4 members (excludes halogenated alkanes) is 8.